The van der Waals surface area contributed by atoms with Crippen molar-refractivity contribution in [1.29, 1.82) is 0 Å². The number of rotatable bonds is 3. The Morgan fingerprint density at radius 3 is 3.07 bits per heavy atom. The molecule has 140 valence electrons. The molecule has 0 unspecified atom stereocenters. The summed E-state index contributed by atoms with van der Waals surface area (Å²) in [4.78, 5) is 17.9. The van der Waals surface area contributed by atoms with Gasteiger partial charge in [-0.05, 0) is 19.4 Å². The normalized spacial score (nSPS) is 16.4. The average molecular weight is 405 g/mol. The number of hydrogen-bond donors (Lipinski definition) is 2. The van der Waals surface area contributed by atoms with E-state index in [-0.39, 0.29) is 11.4 Å². The number of nitrogens with one attached hydrogen (secondary N) is 1. The zero-order valence-corrected chi connectivity index (χ0v) is 16.6. The summed E-state index contributed by atoms with van der Waals surface area (Å²) in [6.45, 7) is 6.63. The van der Waals surface area contributed by atoms with E-state index in [0.717, 1.165) is 39.9 Å². The number of hydrogen-bond acceptors (Lipinski definition) is 7. The summed E-state index contributed by atoms with van der Waals surface area (Å²) >= 11 is 2.80. The summed E-state index contributed by atoms with van der Waals surface area (Å²) in [5, 5.41) is 22.4. The summed E-state index contributed by atoms with van der Waals surface area (Å²) in [5.74, 6) is 0.400. The maximum absolute atomic E-state index is 11.0. The van der Waals surface area contributed by atoms with E-state index in [0.29, 0.717) is 17.5 Å². The molecule has 4 aromatic rings. The minimum Gasteiger partial charge on any atom is -0.481 e. The Morgan fingerprint density at radius 2 is 2.30 bits per heavy atom. The van der Waals surface area contributed by atoms with E-state index >= 15 is 0 Å². The number of thioether (sulfide) groups is 1. The highest BCUT2D eigenvalue weighted by molar-refractivity contribution is 7.99. The highest BCUT2D eigenvalue weighted by atomic mass is 32.2. The lowest BCUT2D eigenvalue weighted by Crippen LogP contribution is -2.31. The van der Waals surface area contributed by atoms with Crippen molar-refractivity contribution in [3.05, 3.63) is 16.3 Å². The predicted octanol–water partition coefficient (Wildman–Crippen LogP) is 1.74. The standard InChI is InChI=1S/C16H16N6O3S2/c1-7-17-12-11-8-4-16(2,3)25-5-9(8)27-13(11)21-14(22(12)20-7)18-19-15(21)26-6-10(23)24/h4-6H2,1-3H3,(H,23,24)/p+1. The van der Waals surface area contributed by atoms with Crippen molar-refractivity contribution in [2.24, 2.45) is 0 Å². The van der Waals surface area contributed by atoms with E-state index in [4.69, 9.17) is 14.8 Å². The van der Waals surface area contributed by atoms with Crippen LogP contribution in [0.2, 0.25) is 0 Å². The summed E-state index contributed by atoms with van der Waals surface area (Å²) < 4.78 is 9.74. The number of H-pyrrole nitrogens is 1. The molecule has 5 heterocycles. The van der Waals surface area contributed by atoms with Crippen LogP contribution < -0.4 is 4.52 Å². The number of ether oxygens (including phenoxy) is 1. The molecule has 27 heavy (non-hydrogen) atoms. The summed E-state index contributed by atoms with van der Waals surface area (Å²) in [6, 6.07) is 0. The molecule has 1 aliphatic rings. The maximum Gasteiger partial charge on any atom is 0.406 e. The second-order valence-electron chi connectivity index (χ2n) is 7.18. The molecule has 11 heteroatoms. The Balaban J connectivity index is 1.88. The predicted molar refractivity (Wildman–Crippen MR) is 99.3 cm³/mol. The van der Waals surface area contributed by atoms with Crippen molar-refractivity contribution in [3.8, 4) is 0 Å². The summed E-state index contributed by atoms with van der Waals surface area (Å²) in [6.07, 6.45) is 0.787. The molecule has 0 atom stereocenters. The van der Waals surface area contributed by atoms with E-state index in [1.165, 1.54) is 10.4 Å². The molecule has 0 spiro atoms. The first-order valence-corrected chi connectivity index (χ1v) is 10.2. The van der Waals surface area contributed by atoms with Crippen LogP contribution in [0.1, 0.15) is 30.1 Å². The van der Waals surface area contributed by atoms with Gasteiger partial charge >= 0.3 is 11.7 Å². The monoisotopic (exact) mass is 405 g/mol. The second kappa shape index (κ2) is 5.63. The average Bonchev–Trinajstić information content (AvgIpc) is 3.25. The van der Waals surface area contributed by atoms with E-state index < -0.39 is 5.97 Å². The minimum absolute atomic E-state index is 0.0752. The lowest BCUT2D eigenvalue weighted by atomic mass is 9.94. The van der Waals surface area contributed by atoms with Gasteiger partial charge in [-0.1, -0.05) is 16.9 Å². The first kappa shape index (κ1) is 16.9. The van der Waals surface area contributed by atoms with Crippen molar-refractivity contribution >= 4 is 50.7 Å². The summed E-state index contributed by atoms with van der Waals surface area (Å²) in [5.41, 5.74) is 1.80. The van der Waals surface area contributed by atoms with E-state index in [1.807, 2.05) is 15.8 Å². The van der Waals surface area contributed by atoms with Crippen molar-refractivity contribution in [3.63, 3.8) is 0 Å². The van der Waals surface area contributed by atoms with Crippen molar-refractivity contribution in [2.45, 2.75) is 44.6 Å². The lowest BCUT2D eigenvalue weighted by Gasteiger charge is -2.29. The molecule has 0 saturated heterocycles. The number of nitrogens with zero attached hydrogens (tertiary/aromatic N) is 5. The van der Waals surface area contributed by atoms with Gasteiger partial charge < -0.3 is 9.84 Å². The minimum atomic E-state index is -0.889. The molecular weight excluding hydrogens is 388 g/mol. The maximum atomic E-state index is 11.0. The van der Waals surface area contributed by atoms with Crippen molar-refractivity contribution in [2.75, 3.05) is 5.75 Å². The number of aromatic amines is 1. The largest absolute Gasteiger partial charge is 0.481 e. The van der Waals surface area contributed by atoms with Crippen LogP contribution in [0.15, 0.2) is 5.16 Å². The molecule has 0 aromatic carbocycles. The number of aliphatic carboxylic acids is 1. The van der Waals surface area contributed by atoms with Gasteiger partial charge in [-0.15, -0.1) is 20.8 Å². The van der Waals surface area contributed by atoms with Crippen molar-refractivity contribution in [1.82, 2.24) is 24.7 Å². The molecule has 0 saturated carbocycles. The van der Waals surface area contributed by atoms with Crippen molar-refractivity contribution < 1.29 is 19.2 Å². The third kappa shape index (κ3) is 2.52. The Bertz CT molecular complexity index is 1240. The Hall–Kier alpha value is -2.24. The third-order valence-electron chi connectivity index (χ3n) is 4.60. The molecule has 1 aliphatic heterocycles. The fourth-order valence-corrected chi connectivity index (χ4v) is 5.43. The molecule has 0 amide bonds. The van der Waals surface area contributed by atoms with Crippen LogP contribution in [-0.2, 0) is 22.6 Å². The Morgan fingerprint density at radius 1 is 1.48 bits per heavy atom. The van der Waals surface area contributed by atoms with Crippen LogP contribution in [0.25, 0.3) is 21.6 Å². The Labute approximate surface area is 161 Å². The lowest BCUT2D eigenvalue weighted by molar-refractivity contribution is -0.554. The van der Waals surface area contributed by atoms with Crippen LogP contribution in [0, 0.1) is 6.92 Å². The molecule has 9 nitrogen and oxygen atoms in total. The first-order chi connectivity index (χ1) is 12.8. The number of aromatic nitrogens is 6. The number of aryl methyl sites for hydroxylation is 1. The molecule has 0 radical (unpaired) electrons. The third-order valence-corrected chi connectivity index (χ3v) is 6.70. The highest BCUT2D eigenvalue weighted by Crippen LogP contribution is 2.40. The van der Waals surface area contributed by atoms with Gasteiger partial charge in [0.1, 0.15) is 5.75 Å². The fourth-order valence-electron chi connectivity index (χ4n) is 3.49. The SMILES string of the molecule is Cc1nc2c3c4c(sc3n3c(SCC(=O)O)nnc3[n+]2[nH]1)COC(C)(C)C4. The zero-order chi connectivity index (χ0) is 18.9. The van der Waals surface area contributed by atoms with Gasteiger partial charge in [0.05, 0.1) is 17.6 Å². The van der Waals surface area contributed by atoms with Crippen LogP contribution in [0.3, 0.4) is 0 Å². The molecule has 0 bridgehead atoms. The Kier molecular flexibility index (Phi) is 3.52. The van der Waals surface area contributed by atoms with Gasteiger partial charge in [0.15, 0.2) is 10.7 Å². The van der Waals surface area contributed by atoms with Gasteiger partial charge in [0.25, 0.3) is 10.8 Å². The fraction of sp³-hybridized carbons (Fsp3) is 0.438. The van der Waals surface area contributed by atoms with Crippen LogP contribution in [0.5, 0.6) is 0 Å². The number of carbonyl (C=O) groups is 1. The molecule has 5 rings (SSSR count). The van der Waals surface area contributed by atoms with Crippen LogP contribution in [-0.4, -0.2) is 47.1 Å². The second-order valence-corrected chi connectivity index (χ2v) is 9.20. The van der Waals surface area contributed by atoms with Gasteiger partial charge in [0, 0.05) is 23.3 Å². The highest BCUT2D eigenvalue weighted by Gasteiger charge is 2.34. The smallest absolute Gasteiger partial charge is 0.406 e. The van der Waals surface area contributed by atoms with Crippen LogP contribution >= 0.6 is 23.1 Å². The molecule has 0 fully saturated rings. The number of carboxylic acid groups (broad SMARTS) is 1. The number of fused-ring (bicyclic) bond motifs is 8. The van der Waals surface area contributed by atoms with E-state index in [9.17, 15) is 4.79 Å². The molecular formula is C16H17N6O3S2+. The molecule has 0 aliphatic carbocycles. The van der Waals surface area contributed by atoms with Gasteiger partial charge in [-0.2, -0.15) is 4.40 Å². The molecule has 2 N–H and O–H groups in total. The first-order valence-electron chi connectivity index (χ1n) is 8.42. The number of thiophene rings is 1. The number of carboxylic acids is 1. The van der Waals surface area contributed by atoms with E-state index in [2.05, 4.69) is 29.1 Å². The van der Waals surface area contributed by atoms with Gasteiger partial charge in [-0.25, -0.2) is 5.10 Å². The topological polar surface area (TPSA) is 110 Å². The van der Waals surface area contributed by atoms with Gasteiger partial charge in [0.2, 0.25) is 0 Å². The quantitative estimate of drug-likeness (QED) is 0.395. The summed E-state index contributed by atoms with van der Waals surface area (Å²) in [7, 11) is 0. The van der Waals surface area contributed by atoms with Crippen LogP contribution in [0.4, 0.5) is 0 Å². The van der Waals surface area contributed by atoms with E-state index in [1.54, 1.807) is 11.3 Å². The zero-order valence-electron chi connectivity index (χ0n) is 14.9. The molecule has 4 aromatic heterocycles. The van der Waals surface area contributed by atoms with Gasteiger partial charge in [-0.3, -0.25) is 4.79 Å².